The number of rotatable bonds is 3. The first kappa shape index (κ1) is 12.5. The van der Waals surface area contributed by atoms with Crippen LogP contribution in [0.5, 0.6) is 0 Å². The molecule has 0 unspecified atom stereocenters. The molecule has 3 aromatic rings. The lowest BCUT2D eigenvalue weighted by molar-refractivity contribution is 0.191. The van der Waals surface area contributed by atoms with Gasteiger partial charge in [0.25, 0.3) is 0 Å². The highest BCUT2D eigenvalue weighted by Crippen LogP contribution is 2.22. The van der Waals surface area contributed by atoms with E-state index in [-0.39, 0.29) is 12.1 Å². The number of fused-ring (bicyclic) bond motifs is 1. The van der Waals surface area contributed by atoms with Crippen molar-refractivity contribution in [1.82, 2.24) is 25.4 Å². The Morgan fingerprint density at radius 2 is 2.19 bits per heavy atom. The molecule has 3 N–H and O–H groups in total. The largest absolute Gasteiger partial charge is 0.392 e. The SMILES string of the molecule is O[C@H]1CN[C@H](c2nc(Cc3nc4ccccc4[nH]3)no2)C1. The van der Waals surface area contributed by atoms with Gasteiger partial charge in [-0.1, -0.05) is 17.3 Å². The molecule has 1 saturated heterocycles. The zero-order chi connectivity index (χ0) is 14.2. The lowest BCUT2D eigenvalue weighted by atomic mass is 10.2. The molecule has 2 atom stereocenters. The van der Waals surface area contributed by atoms with Gasteiger partial charge in [0.2, 0.25) is 5.89 Å². The summed E-state index contributed by atoms with van der Waals surface area (Å²) in [6.07, 6.45) is 0.750. The van der Waals surface area contributed by atoms with Crippen LogP contribution in [0.15, 0.2) is 28.8 Å². The summed E-state index contributed by atoms with van der Waals surface area (Å²) in [4.78, 5) is 12.1. The first-order valence-corrected chi connectivity index (χ1v) is 6.95. The van der Waals surface area contributed by atoms with Gasteiger partial charge in [0.05, 0.1) is 29.6 Å². The lowest BCUT2D eigenvalue weighted by Crippen LogP contribution is -2.15. The predicted octanol–water partition coefficient (Wildman–Crippen LogP) is 0.932. The van der Waals surface area contributed by atoms with Gasteiger partial charge in [-0.25, -0.2) is 4.98 Å². The van der Waals surface area contributed by atoms with Crippen LogP contribution in [-0.4, -0.2) is 37.9 Å². The quantitative estimate of drug-likeness (QED) is 0.662. The highest BCUT2D eigenvalue weighted by atomic mass is 16.5. The van der Waals surface area contributed by atoms with Crippen molar-refractivity contribution >= 4 is 11.0 Å². The molecule has 0 aliphatic carbocycles. The van der Waals surface area contributed by atoms with Crippen molar-refractivity contribution in [2.75, 3.05) is 6.54 Å². The van der Waals surface area contributed by atoms with E-state index >= 15 is 0 Å². The number of nitrogens with one attached hydrogen (secondary N) is 2. The third-order valence-electron chi connectivity index (χ3n) is 3.65. The number of hydrogen-bond acceptors (Lipinski definition) is 6. The van der Waals surface area contributed by atoms with Crippen LogP contribution in [-0.2, 0) is 6.42 Å². The summed E-state index contributed by atoms with van der Waals surface area (Å²) in [6.45, 7) is 0.561. The van der Waals surface area contributed by atoms with Crippen LogP contribution in [0.1, 0.15) is 30.0 Å². The Bertz CT molecular complexity index is 732. The van der Waals surface area contributed by atoms with Crippen LogP contribution in [0.25, 0.3) is 11.0 Å². The van der Waals surface area contributed by atoms with E-state index in [0.29, 0.717) is 31.1 Å². The molecule has 7 nitrogen and oxygen atoms in total. The number of imidazole rings is 1. The highest BCUT2D eigenvalue weighted by molar-refractivity contribution is 5.74. The van der Waals surface area contributed by atoms with Crippen LogP contribution in [0.2, 0.25) is 0 Å². The summed E-state index contributed by atoms with van der Waals surface area (Å²) in [6, 6.07) is 7.81. The number of aliphatic hydroxyl groups is 1. The molecule has 1 aliphatic heterocycles. The summed E-state index contributed by atoms with van der Waals surface area (Å²) >= 11 is 0. The fourth-order valence-electron chi connectivity index (χ4n) is 2.63. The first-order chi connectivity index (χ1) is 10.3. The Hall–Kier alpha value is -2.25. The third-order valence-corrected chi connectivity index (χ3v) is 3.65. The van der Waals surface area contributed by atoms with Crippen LogP contribution < -0.4 is 5.32 Å². The van der Waals surface area contributed by atoms with Crippen LogP contribution in [0, 0.1) is 0 Å². The van der Waals surface area contributed by atoms with Gasteiger partial charge in [0, 0.05) is 6.54 Å². The smallest absolute Gasteiger partial charge is 0.243 e. The van der Waals surface area contributed by atoms with Crippen LogP contribution in [0.4, 0.5) is 0 Å². The molecule has 0 spiro atoms. The molecule has 0 saturated carbocycles. The van der Waals surface area contributed by atoms with E-state index in [9.17, 15) is 5.11 Å². The molecular weight excluding hydrogens is 270 g/mol. The minimum Gasteiger partial charge on any atom is -0.392 e. The van der Waals surface area contributed by atoms with Crippen LogP contribution in [0.3, 0.4) is 0 Å². The zero-order valence-electron chi connectivity index (χ0n) is 11.3. The number of aliphatic hydroxyl groups excluding tert-OH is 1. The molecule has 3 heterocycles. The van der Waals surface area contributed by atoms with Gasteiger partial charge in [0.15, 0.2) is 5.82 Å². The number of nitrogens with zero attached hydrogens (tertiary/aromatic N) is 3. The van der Waals surface area contributed by atoms with E-state index in [0.717, 1.165) is 16.9 Å². The van der Waals surface area contributed by atoms with Gasteiger partial charge >= 0.3 is 0 Å². The van der Waals surface area contributed by atoms with Gasteiger partial charge in [-0.2, -0.15) is 4.98 Å². The van der Waals surface area contributed by atoms with Crippen molar-refractivity contribution in [3.05, 3.63) is 41.8 Å². The topological polar surface area (TPSA) is 99.9 Å². The van der Waals surface area contributed by atoms with Gasteiger partial charge in [-0.3, -0.25) is 0 Å². The summed E-state index contributed by atoms with van der Waals surface area (Å²) in [5.41, 5.74) is 1.92. The van der Waals surface area contributed by atoms with Gasteiger partial charge in [0.1, 0.15) is 5.82 Å². The molecule has 0 amide bonds. The molecule has 1 aliphatic rings. The maximum Gasteiger partial charge on any atom is 0.243 e. The highest BCUT2D eigenvalue weighted by Gasteiger charge is 2.28. The molecule has 4 rings (SSSR count). The van der Waals surface area contributed by atoms with Gasteiger partial charge in [-0.15, -0.1) is 0 Å². The second-order valence-electron chi connectivity index (χ2n) is 5.28. The normalized spacial score (nSPS) is 22.1. The first-order valence-electron chi connectivity index (χ1n) is 6.95. The number of aromatic amines is 1. The molecule has 7 heteroatoms. The van der Waals surface area contributed by atoms with E-state index in [1.165, 1.54) is 0 Å². The minimum atomic E-state index is -0.347. The summed E-state index contributed by atoms with van der Waals surface area (Å²) < 4.78 is 5.27. The summed E-state index contributed by atoms with van der Waals surface area (Å²) in [5.74, 6) is 1.92. The fraction of sp³-hybridized carbons (Fsp3) is 0.357. The van der Waals surface area contributed by atoms with E-state index in [2.05, 4.69) is 25.4 Å². The molecule has 1 fully saturated rings. The van der Waals surface area contributed by atoms with Crippen molar-refractivity contribution < 1.29 is 9.63 Å². The van der Waals surface area contributed by atoms with Crippen molar-refractivity contribution in [2.24, 2.45) is 0 Å². The van der Waals surface area contributed by atoms with Gasteiger partial charge < -0.3 is 19.9 Å². The molecule has 1 aromatic carbocycles. The number of aromatic nitrogens is 4. The number of para-hydroxylation sites is 2. The Kier molecular flexibility index (Phi) is 2.94. The fourth-order valence-corrected chi connectivity index (χ4v) is 2.63. The monoisotopic (exact) mass is 285 g/mol. The number of benzene rings is 1. The van der Waals surface area contributed by atoms with Crippen molar-refractivity contribution in [3.63, 3.8) is 0 Å². The average molecular weight is 285 g/mol. The molecule has 21 heavy (non-hydrogen) atoms. The maximum absolute atomic E-state index is 9.52. The molecule has 0 bridgehead atoms. The average Bonchev–Trinajstić information content (AvgIpc) is 3.17. The Morgan fingerprint density at radius 1 is 1.29 bits per heavy atom. The van der Waals surface area contributed by atoms with E-state index in [1.54, 1.807) is 0 Å². The maximum atomic E-state index is 9.52. The van der Waals surface area contributed by atoms with E-state index in [1.807, 2.05) is 24.3 Å². The summed E-state index contributed by atoms with van der Waals surface area (Å²) in [5, 5.41) is 16.7. The Balaban J connectivity index is 1.53. The van der Waals surface area contributed by atoms with Crippen molar-refractivity contribution in [1.29, 1.82) is 0 Å². The minimum absolute atomic E-state index is 0.0584. The van der Waals surface area contributed by atoms with Gasteiger partial charge in [-0.05, 0) is 18.6 Å². The van der Waals surface area contributed by atoms with E-state index in [4.69, 9.17) is 4.52 Å². The number of H-pyrrole nitrogens is 1. The zero-order valence-corrected chi connectivity index (χ0v) is 11.3. The molecular formula is C14H15N5O2. The van der Waals surface area contributed by atoms with Crippen LogP contribution >= 0.6 is 0 Å². The second kappa shape index (κ2) is 4.94. The molecule has 2 aromatic heterocycles. The standard InChI is InChI=1S/C14H15N5O2/c20-8-5-11(15-7-8)14-18-13(19-21-14)6-12-16-9-3-1-2-4-10(9)17-12/h1-4,8,11,15,20H,5-7H2,(H,16,17)/t8-,11+/m1/s1. The molecule has 0 radical (unpaired) electrons. The van der Waals surface area contributed by atoms with Crippen molar-refractivity contribution in [2.45, 2.75) is 25.0 Å². The predicted molar refractivity (Wildman–Crippen MR) is 74.6 cm³/mol. The van der Waals surface area contributed by atoms with Crippen molar-refractivity contribution in [3.8, 4) is 0 Å². The van der Waals surface area contributed by atoms with E-state index < -0.39 is 0 Å². The Morgan fingerprint density at radius 3 is 3.00 bits per heavy atom. The number of hydrogen-bond donors (Lipinski definition) is 3. The third kappa shape index (κ3) is 2.41. The molecule has 108 valence electrons. The summed E-state index contributed by atoms with van der Waals surface area (Å²) in [7, 11) is 0. The number of β-amino-alcohol motifs (C(OH)–C–C–N with tert-alkyl or cyclic N) is 1. The second-order valence-corrected chi connectivity index (χ2v) is 5.28. The lowest BCUT2D eigenvalue weighted by Gasteiger charge is -2.01. The Labute approximate surface area is 120 Å².